The number of nitrogens with two attached hydrogens (primary N) is 1. The average molecular weight is 262 g/mol. The zero-order chi connectivity index (χ0) is 13.8. The summed E-state index contributed by atoms with van der Waals surface area (Å²) in [6.45, 7) is 2.32. The highest BCUT2D eigenvalue weighted by Gasteiger charge is 2.22. The minimum Gasteiger partial charge on any atom is -0.409 e. The molecule has 0 amide bonds. The molecule has 1 aromatic heterocycles. The first kappa shape index (κ1) is 13.6. The van der Waals surface area contributed by atoms with Gasteiger partial charge in [-0.05, 0) is 30.9 Å². The van der Waals surface area contributed by atoms with E-state index in [9.17, 15) is 0 Å². The van der Waals surface area contributed by atoms with Gasteiger partial charge < -0.3 is 15.8 Å². The molecule has 1 aromatic rings. The highest BCUT2D eigenvalue weighted by Crippen LogP contribution is 2.29. The van der Waals surface area contributed by atoms with E-state index in [-0.39, 0.29) is 5.84 Å². The number of rotatable bonds is 3. The fraction of sp³-hybridized carbons (Fsp3) is 0.571. The summed E-state index contributed by atoms with van der Waals surface area (Å²) >= 11 is 0. The maximum absolute atomic E-state index is 8.61. The molecule has 1 saturated carbocycles. The van der Waals surface area contributed by atoms with Gasteiger partial charge in [0.05, 0.1) is 11.9 Å². The Kier molecular flexibility index (Phi) is 4.24. The molecule has 19 heavy (non-hydrogen) atoms. The summed E-state index contributed by atoms with van der Waals surface area (Å²) in [6.07, 6.45) is 6.89. The fourth-order valence-corrected chi connectivity index (χ4v) is 2.76. The van der Waals surface area contributed by atoms with E-state index in [1.807, 2.05) is 6.07 Å². The third-order valence-corrected chi connectivity index (χ3v) is 3.98. The number of aromatic nitrogens is 1. The summed E-state index contributed by atoms with van der Waals surface area (Å²) in [7, 11) is 2.11. The van der Waals surface area contributed by atoms with E-state index >= 15 is 0 Å². The second-order valence-corrected chi connectivity index (χ2v) is 5.42. The molecule has 3 N–H and O–H groups in total. The van der Waals surface area contributed by atoms with Crippen molar-refractivity contribution in [3.63, 3.8) is 0 Å². The van der Waals surface area contributed by atoms with E-state index in [4.69, 9.17) is 10.9 Å². The van der Waals surface area contributed by atoms with Crippen LogP contribution in [0, 0.1) is 5.92 Å². The number of hydrogen-bond donors (Lipinski definition) is 2. The van der Waals surface area contributed by atoms with Crippen molar-refractivity contribution >= 4 is 11.5 Å². The molecule has 1 fully saturated rings. The Balaban J connectivity index is 2.08. The minimum absolute atomic E-state index is 0.0421. The van der Waals surface area contributed by atoms with Crippen LogP contribution in [0.4, 0.5) is 5.69 Å². The molecule has 2 atom stereocenters. The quantitative estimate of drug-likeness (QED) is 0.379. The molecule has 1 aliphatic rings. The maximum Gasteiger partial charge on any atom is 0.188 e. The number of amidine groups is 1. The first-order chi connectivity index (χ1) is 9.11. The van der Waals surface area contributed by atoms with Crippen molar-refractivity contribution in [1.82, 2.24) is 4.98 Å². The SMILES string of the molecule is CC1CCCC(N(C)c2ccc(/C(N)=N/O)nc2)C1. The molecule has 2 rings (SSSR count). The van der Waals surface area contributed by atoms with Gasteiger partial charge >= 0.3 is 0 Å². The van der Waals surface area contributed by atoms with E-state index in [1.165, 1.54) is 25.7 Å². The summed E-state index contributed by atoms with van der Waals surface area (Å²) in [6, 6.07) is 4.34. The molecule has 0 aliphatic heterocycles. The monoisotopic (exact) mass is 262 g/mol. The number of oxime groups is 1. The zero-order valence-electron chi connectivity index (χ0n) is 11.6. The van der Waals surface area contributed by atoms with Crippen LogP contribution in [0.3, 0.4) is 0 Å². The van der Waals surface area contributed by atoms with Gasteiger partial charge in [-0.25, -0.2) is 0 Å². The topological polar surface area (TPSA) is 74.7 Å². The standard InChI is InChI=1S/C14H22N4O/c1-10-4-3-5-11(8-10)18(2)12-6-7-13(16-9-12)14(15)17-19/h6-7,9-11,19H,3-5,8H2,1-2H3,(H2,15,17). The zero-order valence-corrected chi connectivity index (χ0v) is 11.6. The van der Waals surface area contributed by atoms with E-state index < -0.39 is 0 Å². The average Bonchev–Trinajstić information content (AvgIpc) is 2.46. The highest BCUT2D eigenvalue weighted by atomic mass is 16.4. The summed E-state index contributed by atoms with van der Waals surface area (Å²) in [4.78, 5) is 6.52. The second-order valence-electron chi connectivity index (χ2n) is 5.42. The summed E-state index contributed by atoms with van der Waals surface area (Å²) in [5.74, 6) is 0.839. The third-order valence-electron chi connectivity index (χ3n) is 3.98. The fourth-order valence-electron chi connectivity index (χ4n) is 2.76. The molecule has 0 bridgehead atoms. The molecule has 0 spiro atoms. The molecule has 5 nitrogen and oxygen atoms in total. The van der Waals surface area contributed by atoms with Crippen molar-refractivity contribution < 1.29 is 5.21 Å². The Morgan fingerprint density at radius 3 is 2.84 bits per heavy atom. The van der Waals surface area contributed by atoms with Crippen molar-refractivity contribution in [3.05, 3.63) is 24.0 Å². The lowest BCUT2D eigenvalue weighted by Gasteiger charge is -2.35. The number of anilines is 1. The first-order valence-electron chi connectivity index (χ1n) is 6.78. The van der Waals surface area contributed by atoms with Crippen LogP contribution in [0.5, 0.6) is 0 Å². The molecular weight excluding hydrogens is 240 g/mol. The van der Waals surface area contributed by atoms with Crippen LogP contribution in [-0.4, -0.2) is 29.1 Å². The van der Waals surface area contributed by atoms with E-state index in [1.54, 1.807) is 12.3 Å². The summed E-state index contributed by atoms with van der Waals surface area (Å²) in [5, 5.41) is 11.6. The van der Waals surface area contributed by atoms with Crippen molar-refractivity contribution in [2.75, 3.05) is 11.9 Å². The van der Waals surface area contributed by atoms with Crippen LogP contribution in [0.15, 0.2) is 23.5 Å². The van der Waals surface area contributed by atoms with Gasteiger partial charge in [-0.2, -0.15) is 0 Å². The van der Waals surface area contributed by atoms with E-state index in [0.717, 1.165) is 11.6 Å². The van der Waals surface area contributed by atoms with Gasteiger partial charge in [0.15, 0.2) is 5.84 Å². The number of hydrogen-bond acceptors (Lipinski definition) is 4. The van der Waals surface area contributed by atoms with Crippen LogP contribution in [0.25, 0.3) is 0 Å². The Morgan fingerprint density at radius 2 is 2.26 bits per heavy atom. The summed E-state index contributed by atoms with van der Waals surface area (Å²) < 4.78 is 0. The number of nitrogens with zero attached hydrogens (tertiary/aromatic N) is 3. The second kappa shape index (κ2) is 5.91. The molecule has 5 heteroatoms. The molecule has 0 radical (unpaired) electrons. The predicted molar refractivity (Wildman–Crippen MR) is 76.6 cm³/mol. The Bertz CT molecular complexity index is 443. The van der Waals surface area contributed by atoms with Crippen molar-refractivity contribution in [3.8, 4) is 0 Å². The van der Waals surface area contributed by atoms with Gasteiger partial charge in [0, 0.05) is 13.1 Å². The van der Waals surface area contributed by atoms with Gasteiger partial charge in [0.1, 0.15) is 5.69 Å². The highest BCUT2D eigenvalue weighted by molar-refractivity contribution is 5.95. The van der Waals surface area contributed by atoms with Gasteiger partial charge in [-0.3, -0.25) is 4.98 Å². The van der Waals surface area contributed by atoms with Gasteiger partial charge in [0.2, 0.25) is 0 Å². The molecule has 2 unspecified atom stereocenters. The molecule has 0 saturated heterocycles. The van der Waals surface area contributed by atoms with Crippen LogP contribution in [0.1, 0.15) is 38.3 Å². The minimum atomic E-state index is 0.0421. The van der Waals surface area contributed by atoms with Crippen LogP contribution in [0.2, 0.25) is 0 Å². The molecule has 1 aliphatic carbocycles. The maximum atomic E-state index is 8.61. The largest absolute Gasteiger partial charge is 0.409 e. The summed E-state index contributed by atoms with van der Waals surface area (Å²) in [5.41, 5.74) is 7.08. The first-order valence-corrected chi connectivity index (χ1v) is 6.78. The molecule has 104 valence electrons. The van der Waals surface area contributed by atoms with Gasteiger partial charge in [-0.1, -0.05) is 24.9 Å². The predicted octanol–water partition coefficient (Wildman–Crippen LogP) is 2.19. The Hall–Kier alpha value is -1.78. The van der Waals surface area contributed by atoms with Crippen LogP contribution in [-0.2, 0) is 0 Å². The lowest BCUT2D eigenvalue weighted by atomic mass is 9.86. The Labute approximate surface area is 114 Å². The molecular formula is C14H22N4O. The van der Waals surface area contributed by atoms with Gasteiger partial charge in [0.25, 0.3) is 0 Å². The number of pyridine rings is 1. The van der Waals surface area contributed by atoms with Crippen LogP contribution >= 0.6 is 0 Å². The van der Waals surface area contributed by atoms with Gasteiger partial charge in [-0.15, -0.1) is 0 Å². The lowest BCUT2D eigenvalue weighted by Crippen LogP contribution is -2.35. The van der Waals surface area contributed by atoms with E-state index in [0.29, 0.717) is 11.7 Å². The normalized spacial score (nSPS) is 24.2. The van der Waals surface area contributed by atoms with Crippen LogP contribution < -0.4 is 10.6 Å². The van der Waals surface area contributed by atoms with Crippen molar-refractivity contribution in [2.24, 2.45) is 16.8 Å². The van der Waals surface area contributed by atoms with E-state index in [2.05, 4.69) is 29.0 Å². The third kappa shape index (κ3) is 3.16. The Morgan fingerprint density at radius 1 is 1.47 bits per heavy atom. The smallest absolute Gasteiger partial charge is 0.188 e. The molecule has 0 aromatic carbocycles. The van der Waals surface area contributed by atoms with Crippen molar-refractivity contribution in [1.29, 1.82) is 0 Å². The van der Waals surface area contributed by atoms with Crippen molar-refractivity contribution in [2.45, 2.75) is 38.6 Å². The molecule has 1 heterocycles. The lowest BCUT2D eigenvalue weighted by molar-refractivity contribution is 0.318.